The number of nitrogens with zero attached hydrogens (tertiary/aromatic N) is 1. The molecule has 5 unspecified atom stereocenters. The SMILES string of the molecule is CCCCOCC1O[C@@H](OCCN(Cc2ccccc2)C(=O)OCc2ccccc2)[C@@H](OC(=O)c2ccccc2)C(OC(=O)c2ccccc2)[C@@H]1O[C@@H]1OC2COC(c3ccccc3)O[C@H]2C(O)[C@@H]1OC(=O)c1ccccc1. The third kappa shape index (κ3) is 14.6. The summed E-state index contributed by atoms with van der Waals surface area (Å²) in [6.07, 6.45) is -14.3. The Morgan fingerprint density at radius 1 is 0.577 bits per heavy atom. The van der Waals surface area contributed by atoms with E-state index in [2.05, 4.69) is 0 Å². The first-order valence-corrected chi connectivity index (χ1v) is 26.2. The second kappa shape index (κ2) is 27.8. The van der Waals surface area contributed by atoms with Gasteiger partial charge in [-0.15, -0.1) is 0 Å². The summed E-state index contributed by atoms with van der Waals surface area (Å²) in [7, 11) is 0. The van der Waals surface area contributed by atoms with Gasteiger partial charge in [0, 0.05) is 25.3 Å². The minimum Gasteiger partial charge on any atom is -0.452 e. The lowest BCUT2D eigenvalue weighted by Gasteiger charge is -2.50. The molecule has 17 heteroatoms. The second-order valence-electron chi connectivity index (χ2n) is 18.8. The van der Waals surface area contributed by atoms with Crippen LogP contribution in [0.1, 0.15) is 73.8 Å². The number of carbonyl (C=O) groups is 4. The molecule has 1 N–H and O–H groups in total. The summed E-state index contributed by atoms with van der Waals surface area (Å²) >= 11 is 0. The molecule has 3 fully saturated rings. The minimum absolute atomic E-state index is 0.0222. The maximum atomic E-state index is 14.5. The van der Waals surface area contributed by atoms with Gasteiger partial charge < -0.3 is 62.1 Å². The maximum absolute atomic E-state index is 14.5. The fourth-order valence-corrected chi connectivity index (χ4v) is 9.18. The molecule has 3 heterocycles. The summed E-state index contributed by atoms with van der Waals surface area (Å²) in [5.41, 5.74) is 2.80. The molecule has 0 saturated carbocycles. The molecule has 11 atom stereocenters. The number of fused-ring (bicyclic) bond motifs is 1. The number of esters is 3. The quantitative estimate of drug-likeness (QED) is 0.0385. The first-order valence-electron chi connectivity index (χ1n) is 26.2. The van der Waals surface area contributed by atoms with Gasteiger partial charge in [-0.3, -0.25) is 0 Å². The zero-order chi connectivity index (χ0) is 54.1. The third-order valence-electron chi connectivity index (χ3n) is 13.3. The predicted octanol–water partition coefficient (Wildman–Crippen LogP) is 8.65. The minimum atomic E-state index is -1.63. The molecule has 78 heavy (non-hydrogen) atoms. The standard InChI is InChI=1S/C61H63NO16/c1-2-3-35-68-39-47-51(78-60-52(74-55(64)43-26-14-6-15-27-43)49(63)50-48(73-60)40-70-58(77-50)46-32-20-9-21-33-46)53(75-56(65)44-28-16-7-17-29-44)54(76-57(66)45-30-18-8-19-31-45)59(72-47)69-36-34-62(37-41-22-10-4-11-23-41)61(67)71-38-42-24-12-5-13-25-42/h4-33,47-54,58-60,63H,2-3,34-40H2,1H3/t47?,48?,49?,50-,51-,52+,53?,54+,58?,59-,60+/m1/s1. The average molecular weight is 1070 g/mol. The van der Waals surface area contributed by atoms with E-state index in [4.69, 9.17) is 52.1 Å². The van der Waals surface area contributed by atoms with Crippen LogP contribution in [0.3, 0.4) is 0 Å². The van der Waals surface area contributed by atoms with E-state index in [-0.39, 0.29) is 56.2 Å². The molecule has 6 aromatic carbocycles. The van der Waals surface area contributed by atoms with Crippen molar-refractivity contribution in [3.63, 3.8) is 0 Å². The number of aliphatic hydroxyl groups excluding tert-OH is 1. The summed E-state index contributed by atoms with van der Waals surface area (Å²) in [5, 5.41) is 12.4. The Bertz CT molecular complexity index is 2800. The van der Waals surface area contributed by atoms with Crippen LogP contribution in [-0.4, -0.2) is 128 Å². The number of unbranched alkanes of at least 4 members (excludes halogenated alkanes) is 1. The van der Waals surface area contributed by atoms with E-state index in [1.807, 2.05) is 97.9 Å². The van der Waals surface area contributed by atoms with Gasteiger partial charge in [0.1, 0.15) is 37.1 Å². The van der Waals surface area contributed by atoms with Crippen LogP contribution in [0, 0.1) is 0 Å². The van der Waals surface area contributed by atoms with Crippen molar-refractivity contribution in [2.75, 3.05) is 33.0 Å². The lowest BCUT2D eigenvalue weighted by Crippen LogP contribution is -2.67. The Hall–Kier alpha value is -7.32. The summed E-state index contributed by atoms with van der Waals surface area (Å²) in [6, 6.07) is 52.4. The zero-order valence-electron chi connectivity index (χ0n) is 43.1. The van der Waals surface area contributed by atoms with Crippen molar-refractivity contribution in [2.24, 2.45) is 0 Å². The van der Waals surface area contributed by atoms with E-state index in [1.165, 1.54) is 4.90 Å². The van der Waals surface area contributed by atoms with Gasteiger partial charge in [-0.1, -0.05) is 159 Å². The monoisotopic (exact) mass is 1070 g/mol. The summed E-state index contributed by atoms with van der Waals surface area (Å²) < 4.78 is 70.3. The van der Waals surface area contributed by atoms with Gasteiger partial charge in [0.15, 0.2) is 37.2 Å². The van der Waals surface area contributed by atoms with Gasteiger partial charge in [-0.25, -0.2) is 19.2 Å². The third-order valence-corrected chi connectivity index (χ3v) is 13.3. The highest BCUT2D eigenvalue weighted by Crippen LogP contribution is 2.39. The van der Waals surface area contributed by atoms with Crippen LogP contribution in [0.25, 0.3) is 0 Å². The molecule has 0 spiro atoms. The highest BCUT2D eigenvalue weighted by molar-refractivity contribution is 5.91. The molecule has 3 aliphatic heterocycles. The van der Waals surface area contributed by atoms with E-state index in [0.29, 0.717) is 18.6 Å². The molecule has 3 saturated heterocycles. The van der Waals surface area contributed by atoms with Crippen LogP contribution >= 0.6 is 0 Å². The lowest BCUT2D eigenvalue weighted by molar-refractivity contribution is -0.384. The van der Waals surface area contributed by atoms with Gasteiger partial charge in [0.2, 0.25) is 0 Å². The van der Waals surface area contributed by atoms with Crippen molar-refractivity contribution in [1.29, 1.82) is 0 Å². The Labute approximate surface area is 452 Å². The van der Waals surface area contributed by atoms with Gasteiger partial charge in [0.05, 0.1) is 36.5 Å². The van der Waals surface area contributed by atoms with Crippen molar-refractivity contribution in [3.05, 3.63) is 215 Å². The maximum Gasteiger partial charge on any atom is 0.410 e. The van der Waals surface area contributed by atoms with Crippen LogP contribution in [0.5, 0.6) is 0 Å². The van der Waals surface area contributed by atoms with Crippen LogP contribution in [0.15, 0.2) is 182 Å². The molecule has 9 rings (SSSR count). The van der Waals surface area contributed by atoms with Crippen molar-refractivity contribution >= 4 is 24.0 Å². The van der Waals surface area contributed by atoms with Gasteiger partial charge in [-0.05, 0) is 53.9 Å². The number of amides is 1. The fraction of sp³-hybridized carbons (Fsp3) is 0.344. The number of hydrogen-bond donors (Lipinski definition) is 1. The summed E-state index contributed by atoms with van der Waals surface area (Å²) in [4.78, 5) is 58.2. The first-order chi connectivity index (χ1) is 38.2. The molecule has 0 bridgehead atoms. The number of aliphatic hydroxyl groups is 1. The highest BCUT2D eigenvalue weighted by Gasteiger charge is 2.57. The van der Waals surface area contributed by atoms with Crippen molar-refractivity contribution in [1.82, 2.24) is 4.90 Å². The summed E-state index contributed by atoms with van der Waals surface area (Å²) in [6.45, 7) is 1.99. The Kier molecular flexibility index (Phi) is 19.8. The molecule has 0 aromatic heterocycles. The van der Waals surface area contributed by atoms with Gasteiger partial charge in [0.25, 0.3) is 0 Å². The largest absolute Gasteiger partial charge is 0.452 e. The van der Waals surface area contributed by atoms with E-state index in [9.17, 15) is 24.3 Å². The molecule has 0 radical (unpaired) electrons. The van der Waals surface area contributed by atoms with Crippen molar-refractivity contribution < 1.29 is 76.4 Å². The molecular weight excluding hydrogens is 1000 g/mol. The Balaban J connectivity index is 1.06. The van der Waals surface area contributed by atoms with E-state index < -0.39 is 91.7 Å². The molecule has 17 nitrogen and oxygen atoms in total. The Morgan fingerprint density at radius 3 is 1.68 bits per heavy atom. The predicted molar refractivity (Wildman–Crippen MR) is 280 cm³/mol. The molecular formula is C61H63NO16. The number of ether oxygens (including phenoxy) is 11. The van der Waals surface area contributed by atoms with Crippen LogP contribution < -0.4 is 0 Å². The first kappa shape index (κ1) is 55.4. The van der Waals surface area contributed by atoms with E-state index in [1.54, 1.807) is 91.0 Å². The number of rotatable bonds is 22. The fourth-order valence-electron chi connectivity index (χ4n) is 9.18. The van der Waals surface area contributed by atoms with Gasteiger partial charge >= 0.3 is 24.0 Å². The topological polar surface area (TPSA) is 193 Å². The molecule has 3 aliphatic rings. The number of hydrogen-bond acceptors (Lipinski definition) is 16. The Morgan fingerprint density at radius 2 is 1.10 bits per heavy atom. The number of carbonyl (C=O) groups excluding carboxylic acids is 4. The van der Waals surface area contributed by atoms with E-state index in [0.717, 1.165) is 17.5 Å². The highest BCUT2D eigenvalue weighted by atomic mass is 16.8. The molecule has 1 amide bonds. The lowest BCUT2D eigenvalue weighted by atomic mass is 9.95. The van der Waals surface area contributed by atoms with E-state index >= 15 is 0 Å². The van der Waals surface area contributed by atoms with Crippen LogP contribution in [0.4, 0.5) is 4.79 Å². The zero-order valence-corrected chi connectivity index (χ0v) is 43.1. The second-order valence-corrected chi connectivity index (χ2v) is 18.8. The van der Waals surface area contributed by atoms with Crippen LogP contribution in [0.2, 0.25) is 0 Å². The molecule has 0 aliphatic carbocycles. The summed E-state index contributed by atoms with van der Waals surface area (Å²) in [5.74, 6) is -2.45. The average Bonchev–Trinajstić information content (AvgIpc) is 3.67. The van der Waals surface area contributed by atoms with Crippen molar-refractivity contribution in [2.45, 2.75) is 101 Å². The van der Waals surface area contributed by atoms with Crippen LogP contribution in [-0.2, 0) is 65.3 Å². The van der Waals surface area contributed by atoms with Gasteiger partial charge in [-0.2, -0.15) is 0 Å². The van der Waals surface area contributed by atoms with Crippen molar-refractivity contribution in [3.8, 4) is 0 Å². The number of benzene rings is 6. The smallest absolute Gasteiger partial charge is 0.410 e. The molecule has 408 valence electrons. The molecule has 6 aromatic rings. The normalized spacial score (nSPS) is 24.7.